The van der Waals surface area contributed by atoms with Gasteiger partial charge in [0.25, 0.3) is 0 Å². The number of Topliss-reactive ketones (excluding diaryl/α,β-unsaturated/α-hetero) is 1. The van der Waals surface area contributed by atoms with Gasteiger partial charge in [-0.25, -0.2) is 0 Å². The van der Waals surface area contributed by atoms with Crippen molar-refractivity contribution in [2.45, 2.75) is 13.3 Å². The zero-order chi connectivity index (χ0) is 15.4. The molecule has 21 heavy (non-hydrogen) atoms. The summed E-state index contributed by atoms with van der Waals surface area (Å²) in [6, 6.07) is 11.4. The maximum Gasteiger partial charge on any atom is 0.172 e. The molecule has 0 amide bonds. The largest absolute Gasteiger partial charge is 0.497 e. The molecule has 0 N–H and O–H groups in total. The van der Waals surface area contributed by atoms with Crippen LogP contribution in [0.1, 0.15) is 21.5 Å². The van der Waals surface area contributed by atoms with Gasteiger partial charge in [0.05, 0.1) is 19.8 Å². The lowest BCUT2D eigenvalue weighted by Gasteiger charge is -2.12. The van der Waals surface area contributed by atoms with Crippen LogP contribution in [0.5, 0.6) is 11.5 Å². The third-order valence-electron chi connectivity index (χ3n) is 3.21. The summed E-state index contributed by atoms with van der Waals surface area (Å²) in [5, 5.41) is 0. The predicted molar refractivity (Wildman–Crippen MR) is 86.5 cm³/mol. The van der Waals surface area contributed by atoms with Gasteiger partial charge in [0.15, 0.2) is 5.78 Å². The van der Waals surface area contributed by atoms with E-state index in [1.54, 1.807) is 26.4 Å². The van der Waals surface area contributed by atoms with Gasteiger partial charge in [-0.3, -0.25) is 4.79 Å². The summed E-state index contributed by atoms with van der Waals surface area (Å²) in [7, 11) is 3.13. The summed E-state index contributed by atoms with van der Waals surface area (Å²) in [5.41, 5.74) is 2.67. The molecule has 3 nitrogen and oxygen atoms in total. The molecule has 0 heterocycles. The number of hydrogen-bond acceptors (Lipinski definition) is 3. The second-order valence-electron chi connectivity index (χ2n) is 4.78. The highest BCUT2D eigenvalue weighted by Crippen LogP contribution is 2.33. The number of rotatable bonds is 5. The SMILES string of the molecule is COc1cc(Br)c(C(=O)Cc2cccc(C)c2)c(OC)c1. The van der Waals surface area contributed by atoms with E-state index in [-0.39, 0.29) is 5.78 Å². The minimum absolute atomic E-state index is 0.00646. The summed E-state index contributed by atoms with van der Waals surface area (Å²) < 4.78 is 11.2. The molecule has 0 unspecified atom stereocenters. The highest BCUT2D eigenvalue weighted by molar-refractivity contribution is 9.10. The molecule has 0 aliphatic carbocycles. The van der Waals surface area contributed by atoms with Gasteiger partial charge in [-0.1, -0.05) is 29.8 Å². The van der Waals surface area contributed by atoms with Gasteiger partial charge in [0.1, 0.15) is 11.5 Å². The Hall–Kier alpha value is -1.81. The number of benzene rings is 2. The molecular formula is C17H17BrO3. The Morgan fingerprint density at radius 3 is 2.52 bits per heavy atom. The van der Waals surface area contributed by atoms with Crippen molar-refractivity contribution in [1.82, 2.24) is 0 Å². The fourth-order valence-electron chi connectivity index (χ4n) is 2.20. The van der Waals surface area contributed by atoms with Crippen molar-refractivity contribution in [3.8, 4) is 11.5 Å². The molecular weight excluding hydrogens is 332 g/mol. The number of halogens is 1. The van der Waals surface area contributed by atoms with Crippen molar-refractivity contribution in [1.29, 1.82) is 0 Å². The number of hydrogen-bond donors (Lipinski definition) is 0. The Labute approximate surface area is 133 Å². The van der Waals surface area contributed by atoms with E-state index in [2.05, 4.69) is 15.9 Å². The second-order valence-corrected chi connectivity index (χ2v) is 5.63. The van der Waals surface area contributed by atoms with Crippen molar-refractivity contribution in [3.63, 3.8) is 0 Å². The summed E-state index contributed by atoms with van der Waals surface area (Å²) in [6.45, 7) is 2.01. The molecule has 2 rings (SSSR count). The Kier molecular flexibility index (Phi) is 5.02. The van der Waals surface area contributed by atoms with E-state index in [4.69, 9.17) is 9.47 Å². The minimum Gasteiger partial charge on any atom is -0.497 e. The molecule has 0 spiro atoms. The van der Waals surface area contributed by atoms with E-state index in [0.717, 1.165) is 11.1 Å². The van der Waals surface area contributed by atoms with E-state index in [0.29, 0.717) is 28.0 Å². The Bertz CT molecular complexity index is 665. The summed E-state index contributed by atoms with van der Waals surface area (Å²) in [4.78, 5) is 12.6. The van der Waals surface area contributed by atoms with Crippen molar-refractivity contribution in [3.05, 3.63) is 57.6 Å². The lowest BCUT2D eigenvalue weighted by Crippen LogP contribution is -2.07. The Morgan fingerprint density at radius 1 is 1.14 bits per heavy atom. The topological polar surface area (TPSA) is 35.5 Å². The van der Waals surface area contributed by atoms with Crippen LogP contribution in [0.3, 0.4) is 0 Å². The van der Waals surface area contributed by atoms with Gasteiger partial charge < -0.3 is 9.47 Å². The number of ether oxygens (including phenoxy) is 2. The molecule has 0 aromatic heterocycles. The molecule has 0 aliphatic rings. The number of ketones is 1. The van der Waals surface area contributed by atoms with Crippen LogP contribution in [0, 0.1) is 6.92 Å². The van der Waals surface area contributed by atoms with Gasteiger partial charge in [0.2, 0.25) is 0 Å². The molecule has 110 valence electrons. The molecule has 2 aromatic carbocycles. The van der Waals surface area contributed by atoms with E-state index < -0.39 is 0 Å². The zero-order valence-electron chi connectivity index (χ0n) is 12.3. The average Bonchev–Trinajstić information content (AvgIpc) is 2.45. The molecule has 0 bridgehead atoms. The van der Waals surface area contributed by atoms with Crippen molar-refractivity contribution in [2.24, 2.45) is 0 Å². The van der Waals surface area contributed by atoms with Crippen LogP contribution in [0.4, 0.5) is 0 Å². The first kappa shape index (κ1) is 15.6. The lowest BCUT2D eigenvalue weighted by molar-refractivity contribution is 0.0989. The average molecular weight is 349 g/mol. The minimum atomic E-state index is 0.00646. The molecule has 0 atom stereocenters. The third-order valence-corrected chi connectivity index (χ3v) is 3.83. The summed E-state index contributed by atoms with van der Waals surface area (Å²) in [5.74, 6) is 1.16. The number of methoxy groups -OCH3 is 2. The summed E-state index contributed by atoms with van der Waals surface area (Å²) in [6.07, 6.45) is 0.336. The number of carbonyl (C=O) groups excluding carboxylic acids is 1. The lowest BCUT2D eigenvalue weighted by atomic mass is 10.0. The van der Waals surface area contributed by atoms with E-state index in [1.165, 1.54) is 0 Å². The van der Waals surface area contributed by atoms with Gasteiger partial charge >= 0.3 is 0 Å². The van der Waals surface area contributed by atoms with Crippen molar-refractivity contribution >= 4 is 21.7 Å². The van der Waals surface area contributed by atoms with Crippen LogP contribution < -0.4 is 9.47 Å². The van der Waals surface area contributed by atoms with E-state index >= 15 is 0 Å². The van der Waals surface area contributed by atoms with Gasteiger partial charge in [-0.2, -0.15) is 0 Å². The molecule has 2 aromatic rings. The van der Waals surface area contributed by atoms with E-state index in [1.807, 2.05) is 31.2 Å². The third kappa shape index (κ3) is 3.64. The second kappa shape index (κ2) is 6.76. The predicted octanol–water partition coefficient (Wildman–Crippen LogP) is 4.20. The Balaban J connectivity index is 2.34. The van der Waals surface area contributed by atoms with Gasteiger partial charge in [-0.15, -0.1) is 0 Å². The zero-order valence-corrected chi connectivity index (χ0v) is 13.9. The smallest absolute Gasteiger partial charge is 0.172 e. The first-order valence-electron chi connectivity index (χ1n) is 6.55. The van der Waals surface area contributed by atoms with Crippen LogP contribution in [0.15, 0.2) is 40.9 Å². The maximum absolute atomic E-state index is 12.6. The fourth-order valence-corrected chi connectivity index (χ4v) is 2.85. The number of carbonyl (C=O) groups is 1. The fraction of sp³-hybridized carbons (Fsp3) is 0.235. The van der Waals surface area contributed by atoms with Crippen LogP contribution in [0.25, 0.3) is 0 Å². The van der Waals surface area contributed by atoms with Crippen LogP contribution in [-0.2, 0) is 6.42 Å². The monoisotopic (exact) mass is 348 g/mol. The highest BCUT2D eigenvalue weighted by atomic mass is 79.9. The van der Waals surface area contributed by atoms with Crippen molar-refractivity contribution < 1.29 is 14.3 Å². The number of aryl methyl sites for hydroxylation is 1. The first-order chi connectivity index (χ1) is 10.0. The van der Waals surface area contributed by atoms with Crippen LogP contribution in [-0.4, -0.2) is 20.0 Å². The van der Waals surface area contributed by atoms with Crippen LogP contribution in [0.2, 0.25) is 0 Å². The highest BCUT2D eigenvalue weighted by Gasteiger charge is 2.18. The Morgan fingerprint density at radius 2 is 1.90 bits per heavy atom. The molecule has 0 saturated heterocycles. The van der Waals surface area contributed by atoms with Gasteiger partial charge in [-0.05, 0) is 34.5 Å². The molecule has 4 heteroatoms. The quantitative estimate of drug-likeness (QED) is 0.759. The molecule has 0 saturated carbocycles. The van der Waals surface area contributed by atoms with Crippen LogP contribution >= 0.6 is 15.9 Å². The maximum atomic E-state index is 12.6. The van der Waals surface area contributed by atoms with Gasteiger partial charge in [0, 0.05) is 17.0 Å². The van der Waals surface area contributed by atoms with Crippen molar-refractivity contribution in [2.75, 3.05) is 14.2 Å². The summed E-state index contributed by atoms with van der Waals surface area (Å²) >= 11 is 3.43. The molecule has 0 radical (unpaired) electrons. The molecule has 0 fully saturated rings. The standard InChI is InChI=1S/C17H17BrO3/c1-11-5-4-6-12(7-11)8-15(19)17-14(18)9-13(20-2)10-16(17)21-3/h4-7,9-10H,8H2,1-3H3. The molecule has 0 aliphatic heterocycles. The normalized spacial score (nSPS) is 10.3. The first-order valence-corrected chi connectivity index (χ1v) is 7.34. The van der Waals surface area contributed by atoms with E-state index in [9.17, 15) is 4.79 Å².